The van der Waals surface area contributed by atoms with Crippen LogP contribution in [-0.4, -0.2) is 24.9 Å². The van der Waals surface area contributed by atoms with Crippen LogP contribution in [0.1, 0.15) is 16.1 Å². The van der Waals surface area contributed by atoms with Crippen molar-refractivity contribution >= 4 is 45.0 Å². The third kappa shape index (κ3) is 6.23. The molecule has 2 heterocycles. The van der Waals surface area contributed by atoms with Gasteiger partial charge < -0.3 is 5.32 Å². The van der Waals surface area contributed by atoms with Crippen molar-refractivity contribution in [3.8, 4) is 0 Å². The summed E-state index contributed by atoms with van der Waals surface area (Å²) < 4.78 is 39.0. The van der Waals surface area contributed by atoms with Gasteiger partial charge in [-0.1, -0.05) is 30.9 Å². The number of rotatable bonds is 9. The monoisotopic (exact) mass is 430 g/mol. The van der Waals surface area contributed by atoms with Crippen LogP contribution in [0.5, 0.6) is 0 Å². The van der Waals surface area contributed by atoms with Crippen LogP contribution >= 0.6 is 11.3 Å². The Morgan fingerprint density at radius 3 is 2.66 bits per heavy atom. The Balaban J connectivity index is 1.82. The average molecular weight is 431 g/mol. The van der Waals surface area contributed by atoms with Crippen LogP contribution in [0.3, 0.4) is 0 Å². The molecule has 3 aromatic rings. The SMILES string of the molecule is C=CS(=O)(=O)Nc1cnc(NCCc2nccs2)c(/C=C/c2ccc(F)cc2)c1. The quantitative estimate of drug-likeness (QED) is 0.526. The zero-order chi connectivity index (χ0) is 20.7. The van der Waals surface area contributed by atoms with E-state index in [0.717, 1.165) is 22.4 Å². The molecule has 0 fully saturated rings. The van der Waals surface area contributed by atoms with Gasteiger partial charge in [0.25, 0.3) is 10.0 Å². The van der Waals surface area contributed by atoms with Crippen molar-refractivity contribution in [2.75, 3.05) is 16.6 Å². The summed E-state index contributed by atoms with van der Waals surface area (Å²) in [5.74, 6) is 0.288. The van der Waals surface area contributed by atoms with Gasteiger partial charge >= 0.3 is 0 Å². The fraction of sp³-hybridized carbons (Fsp3) is 0.100. The van der Waals surface area contributed by atoms with Crippen LogP contribution in [0.15, 0.2) is 60.1 Å². The molecule has 29 heavy (non-hydrogen) atoms. The molecule has 150 valence electrons. The van der Waals surface area contributed by atoms with Crippen LogP contribution in [0, 0.1) is 5.82 Å². The summed E-state index contributed by atoms with van der Waals surface area (Å²) in [6.07, 6.45) is 7.52. The molecule has 0 aliphatic rings. The van der Waals surface area contributed by atoms with E-state index >= 15 is 0 Å². The summed E-state index contributed by atoms with van der Waals surface area (Å²) in [7, 11) is -3.64. The summed E-state index contributed by atoms with van der Waals surface area (Å²) in [5, 5.41) is 7.01. The molecule has 2 N–H and O–H groups in total. The Morgan fingerprint density at radius 1 is 1.17 bits per heavy atom. The van der Waals surface area contributed by atoms with E-state index < -0.39 is 10.0 Å². The molecule has 2 aromatic heterocycles. The number of hydrogen-bond acceptors (Lipinski definition) is 6. The lowest BCUT2D eigenvalue weighted by atomic mass is 10.1. The van der Waals surface area contributed by atoms with Gasteiger partial charge in [0.15, 0.2) is 0 Å². The summed E-state index contributed by atoms with van der Waals surface area (Å²) in [6.45, 7) is 3.90. The van der Waals surface area contributed by atoms with Crippen molar-refractivity contribution in [1.29, 1.82) is 0 Å². The summed E-state index contributed by atoms with van der Waals surface area (Å²) in [5.41, 5.74) is 1.80. The molecule has 0 bridgehead atoms. The Morgan fingerprint density at radius 2 is 1.97 bits per heavy atom. The van der Waals surface area contributed by atoms with Crippen molar-refractivity contribution < 1.29 is 12.8 Å². The molecule has 0 spiro atoms. The van der Waals surface area contributed by atoms with Gasteiger partial charge in [-0.2, -0.15) is 0 Å². The van der Waals surface area contributed by atoms with Gasteiger partial charge in [-0.25, -0.2) is 22.8 Å². The molecule has 0 amide bonds. The molecule has 0 aliphatic carbocycles. The first-order valence-corrected chi connectivity index (χ1v) is 11.1. The molecule has 6 nitrogen and oxygen atoms in total. The maximum Gasteiger partial charge on any atom is 0.254 e. The van der Waals surface area contributed by atoms with Crippen LogP contribution in [-0.2, 0) is 16.4 Å². The van der Waals surface area contributed by atoms with E-state index in [1.807, 2.05) is 5.38 Å². The summed E-state index contributed by atoms with van der Waals surface area (Å²) in [4.78, 5) is 8.59. The number of anilines is 2. The highest BCUT2D eigenvalue weighted by molar-refractivity contribution is 7.95. The molecular formula is C20H19FN4O2S2. The number of sulfonamides is 1. The minimum Gasteiger partial charge on any atom is -0.369 e. The number of benzene rings is 1. The molecule has 0 saturated heterocycles. The first-order valence-electron chi connectivity index (χ1n) is 8.66. The number of thiazole rings is 1. The van der Waals surface area contributed by atoms with Crippen LogP contribution < -0.4 is 10.0 Å². The number of nitrogens with one attached hydrogen (secondary N) is 2. The first-order chi connectivity index (χ1) is 13.9. The predicted molar refractivity (Wildman–Crippen MR) is 117 cm³/mol. The number of hydrogen-bond donors (Lipinski definition) is 2. The lowest BCUT2D eigenvalue weighted by Crippen LogP contribution is -2.11. The molecule has 0 radical (unpaired) electrons. The third-order valence-corrected chi connectivity index (χ3v) is 5.64. The highest BCUT2D eigenvalue weighted by Gasteiger charge is 2.08. The number of aromatic nitrogens is 2. The zero-order valence-corrected chi connectivity index (χ0v) is 17.0. The Hall–Kier alpha value is -3.04. The van der Waals surface area contributed by atoms with E-state index in [1.54, 1.807) is 47.9 Å². The van der Waals surface area contributed by atoms with E-state index in [9.17, 15) is 12.8 Å². The smallest absolute Gasteiger partial charge is 0.254 e. The van der Waals surface area contributed by atoms with Crippen molar-refractivity contribution in [1.82, 2.24) is 9.97 Å². The van der Waals surface area contributed by atoms with Gasteiger partial charge in [-0.15, -0.1) is 11.3 Å². The highest BCUT2D eigenvalue weighted by atomic mass is 32.2. The van der Waals surface area contributed by atoms with E-state index in [0.29, 0.717) is 23.6 Å². The van der Waals surface area contributed by atoms with E-state index in [2.05, 4.69) is 26.6 Å². The van der Waals surface area contributed by atoms with Gasteiger partial charge in [-0.3, -0.25) is 4.72 Å². The lowest BCUT2D eigenvalue weighted by molar-refractivity contribution is 0.609. The normalized spacial score (nSPS) is 11.5. The van der Waals surface area contributed by atoms with E-state index in [1.165, 1.54) is 18.3 Å². The Kier molecular flexibility index (Phi) is 6.73. The van der Waals surface area contributed by atoms with Gasteiger partial charge in [0.1, 0.15) is 11.6 Å². The van der Waals surface area contributed by atoms with Crippen molar-refractivity contribution in [3.05, 3.63) is 82.0 Å². The third-order valence-electron chi connectivity index (χ3n) is 3.84. The second kappa shape index (κ2) is 9.44. The Bertz CT molecular complexity index is 1100. The number of nitrogens with zero attached hydrogens (tertiary/aromatic N) is 2. The number of pyridine rings is 1. The molecule has 3 rings (SSSR count). The van der Waals surface area contributed by atoms with E-state index in [4.69, 9.17) is 0 Å². The average Bonchev–Trinajstić information content (AvgIpc) is 3.22. The van der Waals surface area contributed by atoms with Crippen molar-refractivity contribution in [3.63, 3.8) is 0 Å². The molecule has 9 heteroatoms. The molecule has 0 unspecified atom stereocenters. The molecule has 0 aliphatic heterocycles. The number of halogens is 1. The fourth-order valence-corrected chi connectivity index (χ4v) is 3.59. The van der Waals surface area contributed by atoms with Gasteiger partial charge in [0.05, 0.1) is 16.9 Å². The lowest BCUT2D eigenvalue weighted by Gasteiger charge is -2.11. The predicted octanol–water partition coefficient (Wildman–Crippen LogP) is 4.39. The maximum absolute atomic E-state index is 13.1. The fourth-order valence-electron chi connectivity index (χ4n) is 2.44. The molecular weight excluding hydrogens is 411 g/mol. The second-order valence-electron chi connectivity index (χ2n) is 5.96. The minimum absolute atomic E-state index is 0.311. The van der Waals surface area contributed by atoms with Crippen LogP contribution in [0.4, 0.5) is 15.9 Å². The van der Waals surface area contributed by atoms with Crippen LogP contribution in [0.25, 0.3) is 12.2 Å². The molecule has 1 aromatic carbocycles. The summed E-state index contributed by atoms with van der Waals surface area (Å²) >= 11 is 1.58. The van der Waals surface area contributed by atoms with Gasteiger partial charge in [0.2, 0.25) is 0 Å². The largest absolute Gasteiger partial charge is 0.369 e. The highest BCUT2D eigenvalue weighted by Crippen LogP contribution is 2.21. The Labute approximate surface area is 172 Å². The second-order valence-corrected chi connectivity index (χ2v) is 8.57. The molecule has 0 saturated carbocycles. The summed E-state index contributed by atoms with van der Waals surface area (Å²) in [6, 6.07) is 7.72. The minimum atomic E-state index is -3.64. The van der Waals surface area contributed by atoms with Gasteiger partial charge in [0, 0.05) is 35.5 Å². The maximum atomic E-state index is 13.1. The van der Waals surface area contributed by atoms with Gasteiger partial charge in [-0.05, 0) is 23.8 Å². The topological polar surface area (TPSA) is 84.0 Å². The van der Waals surface area contributed by atoms with Crippen molar-refractivity contribution in [2.45, 2.75) is 6.42 Å². The first kappa shape index (κ1) is 20.7. The standard InChI is InChI=1S/C20H19FN4O2S2/c1-2-29(26,27)25-18-13-16(6-3-15-4-7-17(21)8-5-15)20(24-14-18)23-10-9-19-22-11-12-28-19/h2-8,11-14,25H,1,9-10H2,(H,23,24)/b6-3+. The molecule has 0 atom stereocenters. The zero-order valence-electron chi connectivity index (χ0n) is 15.4. The van der Waals surface area contributed by atoms with Crippen LogP contribution in [0.2, 0.25) is 0 Å². The van der Waals surface area contributed by atoms with Crippen molar-refractivity contribution in [2.24, 2.45) is 0 Å². The van der Waals surface area contributed by atoms with E-state index in [-0.39, 0.29) is 5.82 Å².